The maximum absolute atomic E-state index is 5.63. The van der Waals surface area contributed by atoms with Gasteiger partial charge in [-0.2, -0.15) is 0 Å². The number of hydrogen-bond acceptors (Lipinski definition) is 1. The molecule has 0 saturated carbocycles. The van der Waals surface area contributed by atoms with Crippen LogP contribution in [0.5, 0.6) is 0 Å². The molecule has 0 aromatic carbocycles. The quantitative estimate of drug-likeness (QED) is 0.481. The third-order valence-electron chi connectivity index (χ3n) is 1.94. The van der Waals surface area contributed by atoms with Crippen LogP contribution >= 0.6 is 0 Å². The highest BCUT2D eigenvalue weighted by Gasteiger charge is 2.21. The van der Waals surface area contributed by atoms with Gasteiger partial charge in [-0.05, 0) is 0 Å². The predicted octanol–water partition coefficient (Wildman–Crippen LogP) is -1.80. The van der Waals surface area contributed by atoms with Gasteiger partial charge < -0.3 is 4.43 Å². The smallest absolute Gasteiger partial charge is 0.147 e. The SMILES string of the molecule is C=C[SiH]1CO[SiH2][SiH](C=C)[SiH2]1. The number of rotatable bonds is 2. The van der Waals surface area contributed by atoms with Crippen LogP contribution in [-0.2, 0) is 4.43 Å². The molecule has 2 atom stereocenters. The fraction of sp³-hybridized carbons (Fsp3) is 0.200. The summed E-state index contributed by atoms with van der Waals surface area (Å²) in [6, 6.07) is 0. The average Bonchev–Trinajstić information content (AvgIpc) is 2.05. The third-order valence-corrected chi connectivity index (χ3v) is 37.9. The Bertz CT molecular complexity index is 124. The molecule has 1 aliphatic rings. The van der Waals surface area contributed by atoms with Crippen molar-refractivity contribution in [3.05, 3.63) is 24.6 Å². The van der Waals surface area contributed by atoms with Crippen LogP contribution in [0.2, 0.25) is 0 Å². The molecule has 2 unspecified atom stereocenters. The molecule has 1 heterocycles. The molecule has 10 heavy (non-hydrogen) atoms. The van der Waals surface area contributed by atoms with Gasteiger partial charge in [0.05, 0.1) is 16.1 Å². The Balaban J connectivity index is 2.38. The Hall–Kier alpha value is 0.308. The van der Waals surface area contributed by atoms with Crippen LogP contribution < -0.4 is 0 Å². The van der Waals surface area contributed by atoms with Gasteiger partial charge in [-0.1, -0.05) is 0 Å². The van der Waals surface area contributed by atoms with E-state index in [-0.39, 0.29) is 17.1 Å². The van der Waals surface area contributed by atoms with Gasteiger partial charge in [-0.25, -0.2) is 0 Å². The van der Waals surface area contributed by atoms with Gasteiger partial charge in [0.15, 0.2) is 0 Å². The molecular formula is C5H14OSi4. The van der Waals surface area contributed by atoms with Crippen LogP contribution in [0.4, 0.5) is 0 Å². The van der Waals surface area contributed by atoms with Gasteiger partial charge in [-0.3, -0.25) is 0 Å². The first kappa shape index (κ1) is 8.40. The van der Waals surface area contributed by atoms with Gasteiger partial charge in [0.25, 0.3) is 0 Å². The molecule has 1 nitrogen and oxygen atoms in total. The number of hydrogen-bond donors (Lipinski definition) is 0. The maximum Gasteiger partial charge on any atom is 0.147 e. The van der Waals surface area contributed by atoms with Crippen LogP contribution in [0.3, 0.4) is 0 Å². The predicted molar refractivity (Wildman–Crippen MR) is 57.7 cm³/mol. The Morgan fingerprint density at radius 2 is 2.20 bits per heavy atom. The second kappa shape index (κ2) is 4.24. The molecule has 1 saturated heterocycles. The van der Waals surface area contributed by atoms with Crippen molar-refractivity contribution in [2.45, 2.75) is 0 Å². The van der Waals surface area contributed by atoms with Gasteiger partial charge >= 0.3 is 0 Å². The van der Waals surface area contributed by atoms with E-state index in [4.69, 9.17) is 4.43 Å². The van der Waals surface area contributed by atoms with Gasteiger partial charge in [0.2, 0.25) is 0 Å². The fourth-order valence-corrected chi connectivity index (χ4v) is 43.0. The molecule has 0 radical (unpaired) electrons. The molecule has 0 spiro atoms. The van der Waals surface area contributed by atoms with E-state index < -0.39 is 8.31 Å². The van der Waals surface area contributed by atoms with Crippen molar-refractivity contribution in [2.75, 3.05) is 6.23 Å². The van der Waals surface area contributed by atoms with E-state index >= 15 is 0 Å². The molecular weight excluding hydrogens is 188 g/mol. The van der Waals surface area contributed by atoms with E-state index in [1.54, 1.807) is 0 Å². The Morgan fingerprint density at radius 1 is 1.40 bits per heavy atom. The highest BCUT2D eigenvalue weighted by Crippen LogP contribution is 1.95. The third kappa shape index (κ3) is 2.17. The van der Waals surface area contributed by atoms with E-state index in [0.29, 0.717) is 8.55 Å². The summed E-state index contributed by atoms with van der Waals surface area (Å²) in [6.07, 6.45) is 1.14. The second-order valence-electron chi connectivity index (χ2n) is 2.76. The van der Waals surface area contributed by atoms with Gasteiger partial charge in [-0.15, -0.1) is 24.6 Å². The van der Waals surface area contributed by atoms with Crippen molar-refractivity contribution in [3.63, 3.8) is 0 Å². The minimum Gasteiger partial charge on any atom is -0.431 e. The zero-order valence-electron chi connectivity index (χ0n) is 6.25. The highest BCUT2D eigenvalue weighted by molar-refractivity contribution is 7.57. The zero-order chi connectivity index (χ0) is 7.40. The molecule has 56 valence electrons. The normalized spacial score (nSPS) is 38.0. The summed E-state index contributed by atoms with van der Waals surface area (Å²) >= 11 is 0. The van der Waals surface area contributed by atoms with E-state index in [2.05, 4.69) is 24.6 Å². The van der Waals surface area contributed by atoms with Crippen LogP contribution in [0.1, 0.15) is 0 Å². The molecule has 0 N–H and O–H groups in total. The van der Waals surface area contributed by atoms with Crippen molar-refractivity contribution in [1.29, 1.82) is 0 Å². The maximum atomic E-state index is 5.63. The monoisotopic (exact) mass is 202 g/mol. The van der Waals surface area contributed by atoms with Gasteiger partial charge in [0, 0.05) is 14.8 Å². The minimum absolute atomic E-state index is 0.0492. The first-order valence-corrected chi connectivity index (χ1v) is 16.2. The van der Waals surface area contributed by atoms with Crippen molar-refractivity contribution in [1.82, 2.24) is 0 Å². The first-order valence-electron chi connectivity index (χ1n) is 3.69. The lowest BCUT2D eigenvalue weighted by Crippen LogP contribution is -2.48. The molecule has 0 bridgehead atoms. The summed E-state index contributed by atoms with van der Waals surface area (Å²) in [4.78, 5) is 0. The molecule has 0 amide bonds. The van der Waals surface area contributed by atoms with E-state index in [9.17, 15) is 0 Å². The highest BCUT2D eigenvalue weighted by atomic mass is 29.8. The van der Waals surface area contributed by atoms with Crippen molar-refractivity contribution in [2.24, 2.45) is 0 Å². The summed E-state index contributed by atoms with van der Waals surface area (Å²) < 4.78 is 5.63. The lowest BCUT2D eigenvalue weighted by molar-refractivity contribution is 0.418. The minimum atomic E-state index is -0.475. The molecule has 0 aromatic rings. The summed E-state index contributed by atoms with van der Waals surface area (Å²) in [6.45, 7) is 7.77. The lowest BCUT2D eigenvalue weighted by Gasteiger charge is -2.21. The molecule has 1 fully saturated rings. The molecule has 5 heteroatoms. The van der Waals surface area contributed by atoms with Crippen LogP contribution in [0.15, 0.2) is 24.6 Å². The van der Waals surface area contributed by atoms with Crippen LogP contribution in [0.25, 0.3) is 0 Å². The molecule has 1 rings (SSSR count). The average molecular weight is 203 g/mol. The first-order chi connectivity index (χ1) is 4.86. The van der Waals surface area contributed by atoms with E-state index in [0.717, 1.165) is 6.23 Å². The summed E-state index contributed by atoms with van der Waals surface area (Å²) in [5.41, 5.74) is 4.49. The van der Waals surface area contributed by atoms with E-state index in [1.165, 1.54) is 0 Å². The summed E-state index contributed by atoms with van der Waals surface area (Å²) in [5.74, 6) is 0. The summed E-state index contributed by atoms with van der Waals surface area (Å²) in [5, 5.41) is 0. The van der Waals surface area contributed by atoms with Crippen LogP contribution in [0, 0.1) is 0 Å². The fourth-order valence-electron chi connectivity index (χ4n) is 1.22. The molecule has 1 aliphatic heterocycles. The largest absolute Gasteiger partial charge is 0.431 e. The summed E-state index contributed by atoms with van der Waals surface area (Å²) in [7, 11) is -0.580. The topological polar surface area (TPSA) is 9.23 Å². The molecule has 0 aromatic heterocycles. The van der Waals surface area contributed by atoms with Gasteiger partial charge in [0.1, 0.15) is 9.28 Å². The zero-order valence-corrected chi connectivity index (χ0v) is 11.4. The lowest BCUT2D eigenvalue weighted by atomic mass is 11.3. The van der Waals surface area contributed by atoms with Crippen molar-refractivity contribution in [3.8, 4) is 0 Å². The van der Waals surface area contributed by atoms with Crippen LogP contribution in [-0.4, -0.2) is 40.2 Å². The Morgan fingerprint density at radius 3 is 2.80 bits per heavy atom. The standard InChI is InChI=1S/C5H14OSi4/c1-3-9-5-6-7-10(4-2)8-9/h3-4,9-10H,1-2,5,7-8H2. The Kier molecular flexibility index (Phi) is 3.56. The van der Waals surface area contributed by atoms with Crippen molar-refractivity contribution >= 4 is 34.0 Å². The second-order valence-corrected chi connectivity index (χ2v) is 27.9. The Labute approximate surface area is 69.5 Å². The molecule has 0 aliphatic carbocycles. The van der Waals surface area contributed by atoms with E-state index in [1.807, 2.05) is 0 Å². The van der Waals surface area contributed by atoms with Crippen molar-refractivity contribution < 1.29 is 4.43 Å².